The molecule has 0 aliphatic carbocycles. The number of thiophene rings is 2. The van der Waals surface area contributed by atoms with Crippen LogP contribution in [0.15, 0.2) is 228 Å². The Balaban J connectivity index is 0.000000118. The van der Waals surface area contributed by atoms with Gasteiger partial charge in [0.25, 0.3) is 0 Å². The summed E-state index contributed by atoms with van der Waals surface area (Å²) in [6, 6.07) is 68.9. The van der Waals surface area contributed by atoms with Crippen LogP contribution < -0.4 is 0 Å². The number of aromatic nitrogens is 2. The van der Waals surface area contributed by atoms with Crippen molar-refractivity contribution in [2.24, 2.45) is 0 Å². The monoisotopic (exact) mass is 987 g/mol. The molecule has 0 N–H and O–H groups in total. The first-order valence-corrected chi connectivity index (χ1v) is 25.8. The van der Waals surface area contributed by atoms with Gasteiger partial charge in [0, 0.05) is 93.6 Å². The molecule has 0 saturated carbocycles. The fourth-order valence-corrected chi connectivity index (χ4v) is 10.6. The fraction of sp³-hybridized carbons (Fsp3) is 0.106. The number of rotatable bonds is 0. The lowest BCUT2D eigenvalue weighted by atomic mass is 10.1. The number of nitriles is 1. The van der Waals surface area contributed by atoms with Crippen molar-refractivity contribution >= 4 is 107 Å². The molecule has 14 aromatic rings. The number of para-hydroxylation sites is 3. The third kappa shape index (κ3) is 12.7. The maximum Gasteiger partial charge on any atom is 0.138 e. The van der Waals surface area contributed by atoms with Gasteiger partial charge in [-0.15, -0.1) is 22.7 Å². The number of furan rings is 2. The van der Waals surface area contributed by atoms with E-state index in [9.17, 15) is 0 Å². The number of hydrogen-bond donors (Lipinski definition) is 0. The lowest BCUT2D eigenvalue weighted by Gasteiger charge is -1.93. The Labute approximate surface area is 435 Å². The smallest absolute Gasteiger partial charge is 0.138 e. The number of aryl methyl sites for hydroxylation is 6. The molecule has 0 aliphatic rings. The lowest BCUT2D eigenvalue weighted by molar-refractivity contribution is 0.666. The van der Waals surface area contributed by atoms with Crippen molar-refractivity contribution in [1.29, 1.82) is 5.26 Å². The Morgan fingerprint density at radius 1 is 0.370 bits per heavy atom. The minimum atomic E-state index is 0.966. The number of benzene rings is 8. The largest absolute Gasteiger partial charge is 0.456 e. The molecular weight excluding hydrogens is 931 g/mol. The maximum atomic E-state index is 7.32. The summed E-state index contributed by atoms with van der Waals surface area (Å²) < 4.78 is 17.1. The molecule has 0 aliphatic heterocycles. The summed E-state index contributed by atoms with van der Waals surface area (Å²) in [4.78, 5) is 7.73. The van der Waals surface area contributed by atoms with E-state index in [0.29, 0.717) is 0 Å². The summed E-state index contributed by atoms with van der Waals surface area (Å²) in [5.74, 6) is 0. The molecule has 0 atom stereocenters. The van der Waals surface area contributed by atoms with Gasteiger partial charge in [0.1, 0.15) is 22.3 Å². The van der Waals surface area contributed by atoms with Crippen LogP contribution in [0.3, 0.4) is 0 Å². The van der Waals surface area contributed by atoms with E-state index < -0.39 is 0 Å². The minimum absolute atomic E-state index is 0.966. The van der Waals surface area contributed by atoms with Crippen LogP contribution in [0.25, 0.3) is 84.2 Å². The quantitative estimate of drug-likeness (QED) is 0.151. The normalized spacial score (nSPS) is 10.4. The molecule has 0 bridgehead atoms. The Kier molecular flexibility index (Phi) is 17.2. The van der Waals surface area contributed by atoms with Crippen LogP contribution in [-0.2, 0) is 0 Å². The first kappa shape index (κ1) is 51.0. The van der Waals surface area contributed by atoms with Crippen LogP contribution >= 0.6 is 22.7 Å². The predicted octanol–water partition coefficient (Wildman–Crippen LogP) is 19.8. The zero-order chi connectivity index (χ0) is 51.1. The van der Waals surface area contributed by atoms with E-state index in [1.165, 1.54) is 102 Å². The van der Waals surface area contributed by atoms with E-state index in [4.69, 9.17) is 14.1 Å². The third-order valence-electron chi connectivity index (χ3n) is 11.9. The first-order valence-electron chi connectivity index (χ1n) is 24.2. The summed E-state index contributed by atoms with van der Waals surface area (Å²) in [6.07, 6.45) is 7.18. The van der Waals surface area contributed by atoms with Crippen molar-refractivity contribution in [3.05, 3.63) is 252 Å². The van der Waals surface area contributed by atoms with E-state index in [-0.39, 0.29) is 0 Å². The van der Waals surface area contributed by atoms with E-state index >= 15 is 0 Å². The summed E-state index contributed by atoms with van der Waals surface area (Å²) in [5.41, 5.74) is 11.6. The summed E-state index contributed by atoms with van der Waals surface area (Å²) in [5, 5.41) is 17.7. The van der Waals surface area contributed by atoms with Crippen molar-refractivity contribution in [3.63, 3.8) is 0 Å². The van der Waals surface area contributed by atoms with Crippen molar-refractivity contribution < 1.29 is 8.83 Å². The Morgan fingerprint density at radius 2 is 0.877 bits per heavy atom. The average Bonchev–Trinajstić information content (AvgIpc) is 4.19. The lowest BCUT2D eigenvalue weighted by Crippen LogP contribution is -1.70. The molecule has 0 spiro atoms. The Hall–Kier alpha value is -8.41. The number of hydrogen-bond acceptors (Lipinski definition) is 7. The standard InChI is InChI=1S/2C13H10O.2C13H10S.2C6H7N.C2H3N/c1-9-5-4-7-11-10-6-2-3-8-12(10)14-13(9)11;1-9-6-7-13-11(8-9)10-4-2-3-5-12(10)14-13;1-9-5-4-7-11-10-6-2-3-8-12(10)14-13(9)11;1-9-6-7-13-11(8-9)10-4-2-3-5-12(10)14-13;1-6-2-4-7-5-3-6;1-6-3-2-4-7-5-6;1-2-3/h4*2-8H,1H3;2*2-5H,1H3;1H3. The summed E-state index contributed by atoms with van der Waals surface area (Å²) in [7, 11) is 0. The van der Waals surface area contributed by atoms with Crippen molar-refractivity contribution in [2.75, 3.05) is 0 Å². The molecule has 6 heterocycles. The third-order valence-corrected chi connectivity index (χ3v) is 14.4. The van der Waals surface area contributed by atoms with Gasteiger partial charge in [-0.3, -0.25) is 9.97 Å². The zero-order valence-corrected chi connectivity index (χ0v) is 43.9. The minimum Gasteiger partial charge on any atom is -0.456 e. The molecule has 14 rings (SSSR count). The second-order valence-corrected chi connectivity index (χ2v) is 19.7. The van der Waals surface area contributed by atoms with E-state index in [2.05, 4.69) is 165 Å². The number of fused-ring (bicyclic) bond motifs is 12. The van der Waals surface area contributed by atoms with Crippen molar-refractivity contribution in [3.8, 4) is 6.07 Å². The van der Waals surface area contributed by atoms with Gasteiger partial charge in [-0.1, -0.05) is 139 Å². The Morgan fingerprint density at radius 3 is 1.49 bits per heavy atom. The van der Waals surface area contributed by atoms with Crippen LogP contribution in [0, 0.1) is 52.9 Å². The van der Waals surface area contributed by atoms with Gasteiger partial charge < -0.3 is 8.83 Å². The maximum absolute atomic E-state index is 7.32. The zero-order valence-electron chi connectivity index (χ0n) is 42.3. The summed E-state index contributed by atoms with van der Waals surface area (Å²) in [6.45, 7) is 14.0. The van der Waals surface area contributed by atoms with Gasteiger partial charge in [-0.05, 0) is 131 Å². The molecule has 0 amide bonds. The predicted molar refractivity (Wildman–Crippen MR) is 314 cm³/mol. The van der Waals surface area contributed by atoms with Gasteiger partial charge in [-0.25, -0.2) is 0 Å². The first-order chi connectivity index (χ1) is 35.6. The van der Waals surface area contributed by atoms with Crippen LogP contribution in [0.5, 0.6) is 0 Å². The van der Waals surface area contributed by atoms with E-state index in [1.54, 1.807) is 24.7 Å². The van der Waals surface area contributed by atoms with Gasteiger partial charge in [0.05, 0.1) is 6.07 Å². The second-order valence-electron chi connectivity index (χ2n) is 17.6. The highest BCUT2D eigenvalue weighted by Crippen LogP contribution is 2.36. The van der Waals surface area contributed by atoms with Crippen molar-refractivity contribution in [2.45, 2.75) is 48.5 Å². The van der Waals surface area contributed by atoms with Gasteiger partial charge in [-0.2, -0.15) is 5.26 Å². The molecule has 73 heavy (non-hydrogen) atoms. The second kappa shape index (κ2) is 24.6. The van der Waals surface area contributed by atoms with Crippen molar-refractivity contribution in [1.82, 2.24) is 9.97 Å². The van der Waals surface area contributed by atoms with Gasteiger partial charge in [0.2, 0.25) is 0 Å². The molecule has 0 fully saturated rings. The number of nitrogens with zero attached hydrogens (tertiary/aromatic N) is 3. The van der Waals surface area contributed by atoms with E-state index in [1.807, 2.05) is 109 Å². The molecule has 6 aromatic heterocycles. The average molecular weight is 988 g/mol. The summed E-state index contributed by atoms with van der Waals surface area (Å²) >= 11 is 3.76. The molecule has 360 valence electrons. The van der Waals surface area contributed by atoms with Crippen LogP contribution in [-0.4, -0.2) is 9.97 Å². The molecule has 0 unspecified atom stereocenters. The molecule has 5 nitrogen and oxygen atoms in total. The van der Waals surface area contributed by atoms with Crippen LogP contribution in [0.4, 0.5) is 0 Å². The Bertz CT molecular complexity index is 3800. The SMILES string of the molecule is CC#N.Cc1ccc2oc3ccccc3c2c1.Cc1ccc2sc3ccccc3c2c1.Cc1cccc2c1oc1ccccc12.Cc1cccc2c1sc1ccccc12.Cc1cccnc1.Cc1ccncc1. The highest BCUT2D eigenvalue weighted by Gasteiger charge is 2.08. The van der Waals surface area contributed by atoms with Crippen LogP contribution in [0.2, 0.25) is 0 Å². The molecular formula is C66H57N3O2S2. The van der Waals surface area contributed by atoms with Crippen LogP contribution in [0.1, 0.15) is 40.3 Å². The molecule has 8 aromatic carbocycles. The highest BCUT2D eigenvalue weighted by atomic mass is 32.1. The molecule has 0 radical (unpaired) electrons. The van der Waals surface area contributed by atoms with Gasteiger partial charge in [0.15, 0.2) is 0 Å². The number of pyridine rings is 2. The molecule has 0 saturated heterocycles. The van der Waals surface area contributed by atoms with E-state index in [0.717, 1.165) is 22.3 Å². The molecule has 7 heteroatoms. The fourth-order valence-electron chi connectivity index (χ4n) is 8.33. The van der Waals surface area contributed by atoms with Gasteiger partial charge >= 0.3 is 0 Å². The topological polar surface area (TPSA) is 75.8 Å². The highest BCUT2D eigenvalue weighted by molar-refractivity contribution is 7.26.